The summed E-state index contributed by atoms with van der Waals surface area (Å²) in [5.41, 5.74) is 6.86. The van der Waals surface area contributed by atoms with Crippen LogP contribution in [0, 0.1) is 6.92 Å². The molecule has 0 unspecified atom stereocenters. The molecule has 0 bridgehead atoms. The van der Waals surface area contributed by atoms with Gasteiger partial charge >= 0.3 is 0 Å². The molecule has 2 aromatic rings. The zero-order valence-electron chi connectivity index (χ0n) is 10.6. The lowest BCUT2D eigenvalue weighted by Crippen LogP contribution is -2.00. The number of halogens is 1. The number of aryl methyl sites for hydroxylation is 1. The molecular weight excluding hydrogens is 262 g/mol. The third-order valence-electron chi connectivity index (χ3n) is 2.98. The van der Waals surface area contributed by atoms with E-state index in [0.717, 1.165) is 24.2 Å². The van der Waals surface area contributed by atoms with Crippen LogP contribution in [0.1, 0.15) is 30.1 Å². The fourth-order valence-corrected chi connectivity index (χ4v) is 2.11. The van der Waals surface area contributed by atoms with Crippen molar-refractivity contribution in [3.05, 3.63) is 40.7 Å². The molecule has 0 radical (unpaired) electrons. The van der Waals surface area contributed by atoms with Gasteiger partial charge in [-0.1, -0.05) is 17.7 Å². The number of aromatic nitrogens is 2. The van der Waals surface area contributed by atoms with Gasteiger partial charge in [0.05, 0.1) is 5.02 Å². The fraction of sp³-hybridized carbons (Fsp3) is 0.286. The monoisotopic (exact) mass is 275 g/mol. The first-order chi connectivity index (χ1) is 9.11. The SMILES string of the molecule is Cc1ccc(Oc2cc(N)nc(C3CC3)n2)c(Cl)c1. The summed E-state index contributed by atoms with van der Waals surface area (Å²) < 4.78 is 5.70. The van der Waals surface area contributed by atoms with E-state index < -0.39 is 0 Å². The van der Waals surface area contributed by atoms with Gasteiger partial charge in [-0.2, -0.15) is 4.98 Å². The van der Waals surface area contributed by atoms with E-state index in [1.54, 1.807) is 6.07 Å². The molecule has 19 heavy (non-hydrogen) atoms. The number of nitrogens with zero attached hydrogens (tertiary/aromatic N) is 2. The largest absolute Gasteiger partial charge is 0.437 e. The quantitative estimate of drug-likeness (QED) is 0.928. The van der Waals surface area contributed by atoms with Crippen molar-refractivity contribution in [2.45, 2.75) is 25.7 Å². The minimum atomic E-state index is 0.426. The Balaban J connectivity index is 1.89. The molecule has 4 nitrogen and oxygen atoms in total. The summed E-state index contributed by atoms with van der Waals surface area (Å²) in [5, 5.41) is 0.560. The average Bonchev–Trinajstić information content (AvgIpc) is 3.16. The van der Waals surface area contributed by atoms with Gasteiger partial charge in [0.2, 0.25) is 5.88 Å². The average molecular weight is 276 g/mol. The number of ether oxygens (including phenoxy) is 1. The molecule has 0 spiro atoms. The van der Waals surface area contributed by atoms with Crippen molar-refractivity contribution in [3.8, 4) is 11.6 Å². The van der Waals surface area contributed by atoms with E-state index in [2.05, 4.69) is 9.97 Å². The highest BCUT2D eigenvalue weighted by molar-refractivity contribution is 6.32. The highest BCUT2D eigenvalue weighted by atomic mass is 35.5. The summed E-state index contributed by atoms with van der Waals surface area (Å²) in [6.07, 6.45) is 2.24. The molecule has 1 aromatic heterocycles. The molecule has 1 saturated carbocycles. The predicted molar refractivity (Wildman–Crippen MR) is 74.7 cm³/mol. The van der Waals surface area contributed by atoms with Crippen LogP contribution in [-0.4, -0.2) is 9.97 Å². The van der Waals surface area contributed by atoms with Crippen molar-refractivity contribution in [2.75, 3.05) is 5.73 Å². The molecule has 2 N–H and O–H groups in total. The first-order valence-corrected chi connectivity index (χ1v) is 6.58. The van der Waals surface area contributed by atoms with E-state index >= 15 is 0 Å². The zero-order valence-corrected chi connectivity index (χ0v) is 11.3. The Morgan fingerprint density at radius 1 is 1.26 bits per heavy atom. The first kappa shape index (κ1) is 12.2. The van der Waals surface area contributed by atoms with Crippen molar-refractivity contribution >= 4 is 17.4 Å². The minimum absolute atomic E-state index is 0.426. The second-order valence-corrected chi connectivity index (χ2v) is 5.21. The third-order valence-corrected chi connectivity index (χ3v) is 3.28. The lowest BCUT2D eigenvalue weighted by molar-refractivity contribution is 0.459. The van der Waals surface area contributed by atoms with E-state index in [4.69, 9.17) is 22.1 Å². The fourth-order valence-electron chi connectivity index (χ4n) is 1.84. The van der Waals surface area contributed by atoms with Gasteiger partial charge in [0.25, 0.3) is 0 Å². The molecule has 1 aliphatic carbocycles. The minimum Gasteiger partial charge on any atom is -0.437 e. The molecule has 0 aliphatic heterocycles. The Bertz CT molecular complexity index is 626. The molecule has 1 heterocycles. The molecular formula is C14H14ClN3O. The molecule has 0 amide bonds. The Morgan fingerprint density at radius 2 is 2.05 bits per heavy atom. The van der Waals surface area contributed by atoms with Gasteiger partial charge in [0, 0.05) is 12.0 Å². The number of benzene rings is 1. The van der Waals surface area contributed by atoms with Gasteiger partial charge in [0.1, 0.15) is 17.4 Å². The van der Waals surface area contributed by atoms with Crippen LogP contribution < -0.4 is 10.5 Å². The van der Waals surface area contributed by atoms with Crippen molar-refractivity contribution in [3.63, 3.8) is 0 Å². The lowest BCUT2D eigenvalue weighted by atomic mass is 10.2. The van der Waals surface area contributed by atoms with E-state index in [-0.39, 0.29) is 0 Å². The van der Waals surface area contributed by atoms with E-state index in [9.17, 15) is 0 Å². The number of nitrogen functional groups attached to an aromatic ring is 1. The van der Waals surface area contributed by atoms with Gasteiger partial charge in [-0.05, 0) is 37.5 Å². The number of rotatable bonds is 3. The van der Waals surface area contributed by atoms with Crippen molar-refractivity contribution < 1.29 is 4.74 Å². The second kappa shape index (κ2) is 4.70. The van der Waals surface area contributed by atoms with Crippen LogP contribution in [0.4, 0.5) is 5.82 Å². The molecule has 1 aliphatic rings. The summed E-state index contributed by atoms with van der Waals surface area (Å²) in [7, 11) is 0. The Labute approximate surface area is 116 Å². The van der Waals surface area contributed by atoms with E-state index in [1.807, 2.05) is 25.1 Å². The smallest absolute Gasteiger partial charge is 0.224 e. The molecule has 3 rings (SSSR count). The van der Waals surface area contributed by atoms with Crippen LogP contribution in [0.25, 0.3) is 0 Å². The van der Waals surface area contributed by atoms with Crippen LogP contribution in [0.2, 0.25) is 5.02 Å². The van der Waals surface area contributed by atoms with Crippen molar-refractivity contribution in [1.29, 1.82) is 0 Å². The Morgan fingerprint density at radius 3 is 2.74 bits per heavy atom. The van der Waals surface area contributed by atoms with Crippen LogP contribution in [0.5, 0.6) is 11.6 Å². The highest BCUT2D eigenvalue weighted by Gasteiger charge is 2.27. The van der Waals surface area contributed by atoms with Crippen LogP contribution in [-0.2, 0) is 0 Å². The van der Waals surface area contributed by atoms with Crippen LogP contribution in [0.3, 0.4) is 0 Å². The van der Waals surface area contributed by atoms with E-state index in [0.29, 0.717) is 28.4 Å². The molecule has 0 atom stereocenters. The van der Waals surface area contributed by atoms with Crippen molar-refractivity contribution in [1.82, 2.24) is 9.97 Å². The normalized spacial score (nSPS) is 14.4. The summed E-state index contributed by atoms with van der Waals surface area (Å²) in [5.74, 6) is 2.64. The van der Waals surface area contributed by atoms with Gasteiger partial charge < -0.3 is 10.5 Å². The summed E-state index contributed by atoms with van der Waals surface area (Å²) in [4.78, 5) is 8.61. The van der Waals surface area contributed by atoms with Gasteiger partial charge in [-0.15, -0.1) is 0 Å². The molecule has 98 valence electrons. The maximum absolute atomic E-state index is 6.13. The maximum atomic E-state index is 6.13. The summed E-state index contributed by atoms with van der Waals surface area (Å²) >= 11 is 6.13. The number of anilines is 1. The van der Waals surface area contributed by atoms with Crippen LogP contribution >= 0.6 is 11.6 Å². The summed E-state index contributed by atoms with van der Waals surface area (Å²) in [6, 6.07) is 7.23. The predicted octanol–water partition coefficient (Wildman–Crippen LogP) is 3.69. The number of hydrogen-bond donors (Lipinski definition) is 1. The Kier molecular flexibility index (Phi) is 3.03. The molecule has 1 aromatic carbocycles. The highest BCUT2D eigenvalue weighted by Crippen LogP contribution is 2.39. The lowest BCUT2D eigenvalue weighted by Gasteiger charge is -2.09. The van der Waals surface area contributed by atoms with Crippen molar-refractivity contribution in [2.24, 2.45) is 0 Å². The maximum Gasteiger partial charge on any atom is 0.224 e. The number of hydrogen-bond acceptors (Lipinski definition) is 4. The first-order valence-electron chi connectivity index (χ1n) is 6.20. The molecule has 5 heteroatoms. The van der Waals surface area contributed by atoms with Gasteiger partial charge in [0.15, 0.2) is 0 Å². The number of nitrogens with two attached hydrogens (primary N) is 1. The molecule has 1 fully saturated rings. The topological polar surface area (TPSA) is 61.0 Å². The standard InChI is InChI=1S/C14H14ClN3O/c1-8-2-5-11(10(15)6-8)19-13-7-12(16)17-14(18-13)9-3-4-9/h2,5-7,9H,3-4H2,1H3,(H2,16,17,18). The summed E-state index contributed by atoms with van der Waals surface area (Å²) in [6.45, 7) is 1.98. The van der Waals surface area contributed by atoms with Gasteiger partial charge in [-0.3, -0.25) is 0 Å². The zero-order chi connectivity index (χ0) is 13.4. The third kappa shape index (κ3) is 2.79. The van der Waals surface area contributed by atoms with Crippen LogP contribution in [0.15, 0.2) is 24.3 Å². The second-order valence-electron chi connectivity index (χ2n) is 4.80. The molecule has 0 saturated heterocycles. The van der Waals surface area contributed by atoms with E-state index in [1.165, 1.54) is 0 Å². The van der Waals surface area contributed by atoms with Gasteiger partial charge in [-0.25, -0.2) is 4.98 Å². The Hall–Kier alpha value is -1.81.